The van der Waals surface area contributed by atoms with Crippen molar-refractivity contribution >= 4 is 11.9 Å². The third kappa shape index (κ3) is 2.42. The van der Waals surface area contributed by atoms with Gasteiger partial charge in [-0.05, 0) is 49.4 Å². The molecule has 2 aliphatic carbocycles. The van der Waals surface area contributed by atoms with E-state index in [0.717, 1.165) is 19.3 Å². The second kappa shape index (κ2) is 5.88. The minimum absolute atomic E-state index is 0.168. The molecule has 1 aromatic carbocycles. The second-order valence-electron chi connectivity index (χ2n) is 7.37. The highest BCUT2D eigenvalue weighted by molar-refractivity contribution is 5.99. The number of hydrogen-bond acceptors (Lipinski definition) is 3. The number of aliphatic carboxylic acids is 1. The summed E-state index contributed by atoms with van der Waals surface area (Å²) in [5.41, 5.74) is 1.07. The summed E-state index contributed by atoms with van der Waals surface area (Å²) in [5, 5.41) is 12.6. The molecule has 130 valence electrons. The first-order chi connectivity index (χ1) is 11.3. The molecule has 0 aromatic heterocycles. The Kier molecular flexibility index (Phi) is 4.16. The SMILES string of the molecule is CCOC1CC(NC(=O)c2ccc3c(c2)CCC3)(C(=O)O)C1(C)C. The van der Waals surface area contributed by atoms with E-state index < -0.39 is 16.9 Å². The summed E-state index contributed by atoms with van der Waals surface area (Å²) in [5.74, 6) is -1.33. The highest BCUT2D eigenvalue weighted by Gasteiger charge is 2.66. The van der Waals surface area contributed by atoms with Crippen LogP contribution in [0.15, 0.2) is 18.2 Å². The van der Waals surface area contributed by atoms with Crippen molar-refractivity contribution in [1.82, 2.24) is 5.32 Å². The number of aryl methyl sites for hydroxylation is 2. The molecule has 1 amide bonds. The summed E-state index contributed by atoms with van der Waals surface area (Å²) >= 11 is 0. The van der Waals surface area contributed by atoms with E-state index in [1.807, 2.05) is 32.9 Å². The van der Waals surface area contributed by atoms with Gasteiger partial charge >= 0.3 is 5.97 Å². The van der Waals surface area contributed by atoms with E-state index in [1.165, 1.54) is 11.1 Å². The quantitative estimate of drug-likeness (QED) is 0.869. The number of nitrogens with one attached hydrogen (secondary N) is 1. The summed E-state index contributed by atoms with van der Waals surface area (Å²) < 4.78 is 5.63. The van der Waals surface area contributed by atoms with Crippen molar-refractivity contribution in [2.75, 3.05) is 6.61 Å². The molecule has 2 aliphatic rings. The van der Waals surface area contributed by atoms with E-state index in [1.54, 1.807) is 6.07 Å². The van der Waals surface area contributed by atoms with Gasteiger partial charge < -0.3 is 15.2 Å². The van der Waals surface area contributed by atoms with Crippen molar-refractivity contribution in [2.45, 2.75) is 58.1 Å². The Morgan fingerprint density at radius 1 is 1.29 bits per heavy atom. The molecule has 2 N–H and O–H groups in total. The van der Waals surface area contributed by atoms with Crippen LogP contribution in [0.5, 0.6) is 0 Å². The number of benzene rings is 1. The van der Waals surface area contributed by atoms with Crippen LogP contribution in [0, 0.1) is 5.41 Å². The molecule has 2 atom stereocenters. The maximum atomic E-state index is 12.7. The molecule has 5 nitrogen and oxygen atoms in total. The number of carbonyl (C=O) groups is 2. The first-order valence-corrected chi connectivity index (χ1v) is 8.61. The Morgan fingerprint density at radius 3 is 2.62 bits per heavy atom. The summed E-state index contributed by atoms with van der Waals surface area (Å²) in [6.07, 6.45) is 3.28. The lowest BCUT2D eigenvalue weighted by Gasteiger charge is -2.58. The lowest BCUT2D eigenvalue weighted by molar-refractivity contribution is -0.190. The lowest BCUT2D eigenvalue weighted by Crippen LogP contribution is -2.76. The molecule has 0 aliphatic heterocycles. The Labute approximate surface area is 142 Å². The molecule has 1 fully saturated rings. The van der Waals surface area contributed by atoms with Crippen LogP contribution in [0.1, 0.15) is 55.1 Å². The Balaban J connectivity index is 1.82. The monoisotopic (exact) mass is 331 g/mol. The fourth-order valence-corrected chi connectivity index (χ4v) is 4.02. The van der Waals surface area contributed by atoms with Crippen molar-refractivity contribution in [3.8, 4) is 0 Å². The highest BCUT2D eigenvalue weighted by Crippen LogP contribution is 2.51. The van der Waals surface area contributed by atoms with Gasteiger partial charge in [-0.1, -0.05) is 19.9 Å². The molecule has 0 heterocycles. The predicted octanol–water partition coefficient (Wildman–Crippen LogP) is 2.56. The van der Waals surface area contributed by atoms with Crippen LogP contribution in [0.4, 0.5) is 0 Å². The fraction of sp³-hybridized carbons (Fsp3) is 0.579. The number of ether oxygens (including phenoxy) is 1. The molecule has 24 heavy (non-hydrogen) atoms. The first kappa shape index (κ1) is 17.0. The van der Waals surface area contributed by atoms with Gasteiger partial charge in [0.05, 0.1) is 6.10 Å². The van der Waals surface area contributed by atoms with Gasteiger partial charge in [-0.15, -0.1) is 0 Å². The minimum Gasteiger partial charge on any atom is -0.479 e. The van der Waals surface area contributed by atoms with Crippen molar-refractivity contribution < 1.29 is 19.4 Å². The summed E-state index contributed by atoms with van der Waals surface area (Å²) in [6, 6.07) is 5.68. The largest absolute Gasteiger partial charge is 0.479 e. The van der Waals surface area contributed by atoms with Gasteiger partial charge in [0.2, 0.25) is 0 Å². The normalized spacial score (nSPS) is 27.2. The zero-order chi connectivity index (χ0) is 17.5. The van der Waals surface area contributed by atoms with E-state index in [2.05, 4.69) is 5.32 Å². The maximum absolute atomic E-state index is 12.7. The standard InChI is InChI=1S/C19H25NO4/c1-4-24-15-11-19(17(22)23,18(15,2)3)20-16(21)14-9-8-12-6-5-7-13(12)10-14/h8-10,15H,4-7,11H2,1-3H3,(H,20,21)(H,22,23). The predicted molar refractivity (Wildman–Crippen MR) is 90.1 cm³/mol. The highest BCUT2D eigenvalue weighted by atomic mass is 16.5. The smallest absolute Gasteiger partial charge is 0.330 e. The molecule has 3 rings (SSSR count). The molecule has 0 spiro atoms. The summed E-state index contributed by atoms with van der Waals surface area (Å²) in [6.45, 7) is 6.10. The van der Waals surface area contributed by atoms with Gasteiger partial charge in [0.1, 0.15) is 5.54 Å². The maximum Gasteiger partial charge on any atom is 0.330 e. The lowest BCUT2D eigenvalue weighted by atomic mass is 9.54. The number of carboxylic acids is 1. The number of amides is 1. The molecular weight excluding hydrogens is 306 g/mol. The van der Waals surface area contributed by atoms with Crippen LogP contribution < -0.4 is 5.32 Å². The van der Waals surface area contributed by atoms with Gasteiger partial charge in [0.25, 0.3) is 5.91 Å². The van der Waals surface area contributed by atoms with E-state index in [4.69, 9.17) is 4.74 Å². The van der Waals surface area contributed by atoms with E-state index >= 15 is 0 Å². The van der Waals surface area contributed by atoms with Crippen LogP contribution in [0.3, 0.4) is 0 Å². The molecule has 1 saturated carbocycles. The molecule has 0 radical (unpaired) electrons. The van der Waals surface area contributed by atoms with Gasteiger partial charge in [0.15, 0.2) is 0 Å². The van der Waals surface area contributed by atoms with Crippen LogP contribution in [-0.4, -0.2) is 35.2 Å². The van der Waals surface area contributed by atoms with Crippen molar-refractivity contribution in [1.29, 1.82) is 0 Å². The van der Waals surface area contributed by atoms with Crippen molar-refractivity contribution in [3.63, 3.8) is 0 Å². The van der Waals surface area contributed by atoms with Crippen molar-refractivity contribution in [2.24, 2.45) is 5.41 Å². The van der Waals surface area contributed by atoms with Crippen LogP contribution in [-0.2, 0) is 22.4 Å². The van der Waals surface area contributed by atoms with E-state index in [-0.39, 0.29) is 12.0 Å². The van der Waals surface area contributed by atoms with Gasteiger partial charge in [-0.25, -0.2) is 4.79 Å². The molecule has 0 bridgehead atoms. The molecular formula is C19H25NO4. The Hall–Kier alpha value is -1.88. The van der Waals surface area contributed by atoms with Gasteiger partial charge in [-0.2, -0.15) is 0 Å². The Bertz CT molecular complexity index is 682. The molecule has 5 heteroatoms. The number of rotatable bonds is 5. The molecule has 1 aromatic rings. The fourth-order valence-electron chi connectivity index (χ4n) is 4.02. The number of carboxylic acid groups (broad SMARTS) is 1. The van der Waals surface area contributed by atoms with Crippen molar-refractivity contribution in [3.05, 3.63) is 34.9 Å². The first-order valence-electron chi connectivity index (χ1n) is 8.61. The topological polar surface area (TPSA) is 75.6 Å². The minimum atomic E-state index is -1.29. The van der Waals surface area contributed by atoms with Gasteiger partial charge in [0, 0.05) is 24.0 Å². The van der Waals surface area contributed by atoms with Crippen LogP contribution in [0.2, 0.25) is 0 Å². The summed E-state index contributed by atoms with van der Waals surface area (Å²) in [7, 11) is 0. The average molecular weight is 331 g/mol. The van der Waals surface area contributed by atoms with E-state index in [0.29, 0.717) is 18.6 Å². The van der Waals surface area contributed by atoms with Crippen LogP contribution >= 0.6 is 0 Å². The van der Waals surface area contributed by atoms with Crippen LogP contribution in [0.25, 0.3) is 0 Å². The number of carbonyl (C=O) groups excluding carboxylic acids is 1. The molecule has 0 saturated heterocycles. The number of hydrogen-bond donors (Lipinski definition) is 2. The summed E-state index contributed by atoms with van der Waals surface area (Å²) in [4.78, 5) is 24.6. The third-order valence-corrected chi connectivity index (χ3v) is 5.82. The third-order valence-electron chi connectivity index (χ3n) is 5.82. The van der Waals surface area contributed by atoms with E-state index in [9.17, 15) is 14.7 Å². The zero-order valence-electron chi connectivity index (χ0n) is 14.5. The van der Waals surface area contributed by atoms with Gasteiger partial charge in [-0.3, -0.25) is 4.79 Å². The Morgan fingerprint density at radius 2 is 2.00 bits per heavy atom. The molecule has 2 unspecified atom stereocenters. The second-order valence-corrected chi connectivity index (χ2v) is 7.37. The zero-order valence-corrected chi connectivity index (χ0v) is 14.5. The number of fused-ring (bicyclic) bond motifs is 1. The average Bonchev–Trinajstić information content (AvgIpc) is 3.00.